The molecule has 0 atom stereocenters. The maximum absolute atomic E-state index is 11.2. The Balaban J connectivity index is 2.44. The fourth-order valence-corrected chi connectivity index (χ4v) is 2.89. The highest BCUT2D eigenvalue weighted by molar-refractivity contribution is 9.10. The normalized spacial score (nSPS) is 9.89. The second-order valence-corrected chi connectivity index (χ2v) is 5.66. The minimum atomic E-state index is -0.988. The topological polar surface area (TPSA) is 61.1 Å². The number of aromatic carboxylic acids is 1. The maximum Gasteiger partial charge on any atom is 0.336 e. The number of nitriles is 1. The van der Waals surface area contributed by atoms with Gasteiger partial charge in [-0.3, -0.25) is 0 Å². The number of hydrogen-bond acceptors (Lipinski definition) is 3. The van der Waals surface area contributed by atoms with E-state index in [9.17, 15) is 9.90 Å². The van der Waals surface area contributed by atoms with Crippen LogP contribution in [0.4, 0.5) is 0 Å². The lowest BCUT2D eigenvalue weighted by molar-refractivity contribution is 0.0693. The molecule has 94 valence electrons. The van der Waals surface area contributed by atoms with Crippen molar-refractivity contribution in [3.05, 3.63) is 58.1 Å². The number of benzene rings is 2. The van der Waals surface area contributed by atoms with Crippen LogP contribution in [-0.2, 0) is 0 Å². The van der Waals surface area contributed by atoms with Crippen molar-refractivity contribution in [3.63, 3.8) is 0 Å². The van der Waals surface area contributed by atoms with Crippen molar-refractivity contribution < 1.29 is 9.90 Å². The molecule has 0 unspecified atom stereocenters. The predicted octanol–water partition coefficient (Wildman–Crippen LogP) is 4.17. The number of hydrogen-bond donors (Lipinski definition) is 1. The van der Waals surface area contributed by atoms with Gasteiger partial charge >= 0.3 is 5.97 Å². The molecule has 0 aromatic heterocycles. The lowest BCUT2D eigenvalue weighted by Crippen LogP contribution is -1.98. The molecule has 0 fully saturated rings. The maximum atomic E-state index is 11.2. The highest BCUT2D eigenvalue weighted by Gasteiger charge is 2.13. The molecule has 0 heterocycles. The first kappa shape index (κ1) is 13.7. The van der Waals surface area contributed by atoms with E-state index in [4.69, 9.17) is 5.26 Å². The quantitative estimate of drug-likeness (QED) is 0.915. The van der Waals surface area contributed by atoms with Crippen molar-refractivity contribution in [2.24, 2.45) is 0 Å². The lowest BCUT2D eigenvalue weighted by atomic mass is 10.2. The van der Waals surface area contributed by atoms with Gasteiger partial charge < -0.3 is 5.11 Å². The molecule has 5 heteroatoms. The van der Waals surface area contributed by atoms with Crippen LogP contribution in [0.1, 0.15) is 15.9 Å². The number of carboxylic acids is 1. The minimum absolute atomic E-state index is 0.215. The number of nitrogens with zero attached hydrogens (tertiary/aromatic N) is 1. The van der Waals surface area contributed by atoms with Crippen molar-refractivity contribution in [1.29, 1.82) is 5.26 Å². The second-order valence-electron chi connectivity index (χ2n) is 3.66. The van der Waals surface area contributed by atoms with Crippen molar-refractivity contribution >= 4 is 33.7 Å². The molecule has 2 aromatic rings. The molecule has 0 radical (unpaired) electrons. The van der Waals surface area contributed by atoms with Gasteiger partial charge in [-0.2, -0.15) is 5.26 Å². The molecular weight excluding hydrogens is 326 g/mol. The molecule has 0 saturated heterocycles. The Kier molecular flexibility index (Phi) is 4.25. The largest absolute Gasteiger partial charge is 0.478 e. The zero-order valence-corrected chi connectivity index (χ0v) is 12.0. The first-order valence-corrected chi connectivity index (χ1v) is 6.92. The third-order valence-electron chi connectivity index (χ3n) is 2.40. The van der Waals surface area contributed by atoms with Crippen LogP contribution in [0.2, 0.25) is 0 Å². The molecule has 19 heavy (non-hydrogen) atoms. The predicted molar refractivity (Wildman–Crippen MR) is 76.4 cm³/mol. The van der Waals surface area contributed by atoms with Crippen LogP contribution >= 0.6 is 27.7 Å². The first-order valence-electron chi connectivity index (χ1n) is 5.31. The van der Waals surface area contributed by atoms with E-state index < -0.39 is 5.97 Å². The van der Waals surface area contributed by atoms with Crippen LogP contribution in [-0.4, -0.2) is 11.1 Å². The van der Waals surface area contributed by atoms with Crippen molar-refractivity contribution in [3.8, 4) is 6.07 Å². The van der Waals surface area contributed by atoms with Gasteiger partial charge in [-0.25, -0.2) is 4.79 Å². The van der Waals surface area contributed by atoms with Gasteiger partial charge in [0.25, 0.3) is 0 Å². The summed E-state index contributed by atoms with van der Waals surface area (Å²) in [4.78, 5) is 12.6. The molecule has 1 N–H and O–H groups in total. The Morgan fingerprint density at radius 1 is 1.21 bits per heavy atom. The monoisotopic (exact) mass is 333 g/mol. The van der Waals surface area contributed by atoms with Crippen molar-refractivity contribution in [2.75, 3.05) is 0 Å². The molecular formula is C14H8BrNO2S. The Morgan fingerprint density at radius 2 is 1.95 bits per heavy atom. The summed E-state index contributed by atoms with van der Waals surface area (Å²) in [5.74, 6) is -0.988. The average molecular weight is 334 g/mol. The van der Waals surface area contributed by atoms with E-state index in [2.05, 4.69) is 22.0 Å². The van der Waals surface area contributed by atoms with E-state index in [1.54, 1.807) is 36.4 Å². The Hall–Kier alpha value is -1.77. The van der Waals surface area contributed by atoms with E-state index in [0.29, 0.717) is 14.9 Å². The zero-order valence-electron chi connectivity index (χ0n) is 9.63. The van der Waals surface area contributed by atoms with Gasteiger partial charge in [-0.05, 0) is 30.3 Å². The van der Waals surface area contributed by atoms with Crippen LogP contribution in [0, 0.1) is 11.3 Å². The van der Waals surface area contributed by atoms with Gasteiger partial charge in [-0.1, -0.05) is 39.8 Å². The van der Waals surface area contributed by atoms with E-state index >= 15 is 0 Å². The van der Waals surface area contributed by atoms with Crippen molar-refractivity contribution in [2.45, 2.75) is 9.79 Å². The number of carboxylic acid groups (broad SMARTS) is 1. The highest BCUT2D eigenvalue weighted by atomic mass is 79.9. The molecule has 0 aliphatic rings. The van der Waals surface area contributed by atoms with Gasteiger partial charge in [0.05, 0.1) is 11.1 Å². The summed E-state index contributed by atoms with van der Waals surface area (Å²) in [6.45, 7) is 0. The third-order valence-corrected chi connectivity index (χ3v) is 4.04. The molecule has 0 aliphatic carbocycles. The molecule has 0 bridgehead atoms. The summed E-state index contributed by atoms with van der Waals surface area (Å²) in [7, 11) is 0. The SMILES string of the molecule is N#Cc1ccccc1Sc1ccc(Br)cc1C(=O)O. The molecule has 0 amide bonds. The van der Waals surface area contributed by atoms with Gasteiger partial charge in [-0.15, -0.1) is 0 Å². The Labute approximate surface area is 123 Å². The van der Waals surface area contributed by atoms with Crippen molar-refractivity contribution in [1.82, 2.24) is 0 Å². The smallest absolute Gasteiger partial charge is 0.336 e. The van der Waals surface area contributed by atoms with Gasteiger partial charge in [0.2, 0.25) is 0 Å². The second kappa shape index (κ2) is 5.91. The molecule has 0 saturated carbocycles. The molecule has 0 spiro atoms. The standard InChI is InChI=1S/C14H8BrNO2S/c15-10-5-6-13(11(7-10)14(17)18)19-12-4-2-1-3-9(12)8-16/h1-7H,(H,17,18). The van der Waals surface area contributed by atoms with Gasteiger partial charge in [0, 0.05) is 14.3 Å². The molecule has 2 aromatic carbocycles. The zero-order chi connectivity index (χ0) is 13.8. The van der Waals surface area contributed by atoms with Gasteiger partial charge in [0.15, 0.2) is 0 Å². The summed E-state index contributed by atoms with van der Waals surface area (Å²) in [5, 5.41) is 18.2. The van der Waals surface area contributed by atoms with E-state index in [1.807, 2.05) is 6.07 Å². The van der Waals surface area contributed by atoms with Crippen LogP contribution in [0.5, 0.6) is 0 Å². The lowest BCUT2D eigenvalue weighted by Gasteiger charge is -2.07. The van der Waals surface area contributed by atoms with Crippen LogP contribution < -0.4 is 0 Å². The Morgan fingerprint density at radius 3 is 2.63 bits per heavy atom. The third kappa shape index (κ3) is 3.16. The number of carbonyl (C=O) groups is 1. The van der Waals surface area contributed by atoms with Crippen LogP contribution in [0.25, 0.3) is 0 Å². The minimum Gasteiger partial charge on any atom is -0.478 e. The Bertz CT molecular complexity index is 679. The van der Waals surface area contributed by atoms with Crippen LogP contribution in [0.15, 0.2) is 56.7 Å². The van der Waals surface area contributed by atoms with E-state index in [0.717, 1.165) is 4.90 Å². The first-order chi connectivity index (χ1) is 9.11. The summed E-state index contributed by atoms with van der Waals surface area (Å²) < 4.78 is 0.711. The summed E-state index contributed by atoms with van der Waals surface area (Å²) in [6, 6.07) is 14.3. The summed E-state index contributed by atoms with van der Waals surface area (Å²) >= 11 is 4.53. The fraction of sp³-hybridized carbons (Fsp3) is 0. The molecule has 0 aliphatic heterocycles. The van der Waals surface area contributed by atoms with Gasteiger partial charge in [0.1, 0.15) is 6.07 Å². The summed E-state index contributed by atoms with van der Waals surface area (Å²) in [6.07, 6.45) is 0. The molecule has 2 rings (SSSR count). The molecule has 3 nitrogen and oxygen atoms in total. The number of rotatable bonds is 3. The summed E-state index contributed by atoms with van der Waals surface area (Å²) in [5.41, 5.74) is 0.749. The van der Waals surface area contributed by atoms with E-state index in [1.165, 1.54) is 11.8 Å². The van der Waals surface area contributed by atoms with Crippen LogP contribution in [0.3, 0.4) is 0 Å². The van der Waals surface area contributed by atoms with E-state index in [-0.39, 0.29) is 5.56 Å². The highest BCUT2D eigenvalue weighted by Crippen LogP contribution is 2.33. The average Bonchev–Trinajstić information content (AvgIpc) is 2.41. The fourth-order valence-electron chi connectivity index (χ4n) is 1.52. The number of halogens is 1.